The molecule has 0 spiro atoms. The zero-order chi connectivity index (χ0) is 13.2. The fraction of sp³-hybridized carbons (Fsp3) is 0.600. The van der Waals surface area contributed by atoms with E-state index in [1.165, 1.54) is 22.6 Å². The molecule has 0 amide bonds. The highest BCUT2D eigenvalue weighted by molar-refractivity contribution is 8.00. The van der Waals surface area contributed by atoms with Crippen molar-refractivity contribution in [3.63, 3.8) is 0 Å². The topological polar surface area (TPSA) is 15.3 Å². The minimum absolute atomic E-state index is 0.361. The van der Waals surface area contributed by atoms with Crippen LogP contribution in [0.15, 0.2) is 18.2 Å². The maximum absolute atomic E-state index is 3.28. The molecule has 0 saturated carbocycles. The molecule has 3 heteroatoms. The fourth-order valence-corrected chi connectivity index (χ4v) is 3.69. The maximum Gasteiger partial charge on any atom is 0.0412 e. The van der Waals surface area contributed by atoms with Gasteiger partial charge in [-0.1, -0.05) is 17.7 Å². The van der Waals surface area contributed by atoms with E-state index in [9.17, 15) is 0 Å². The standard InChI is InChI=1S/C15H24N2S/c1-12-5-6-14(13(9-12)10-16-4)17-7-8-18-15(2,3)11-17/h5-6,9,16H,7-8,10-11H2,1-4H3. The zero-order valence-electron chi connectivity index (χ0n) is 11.9. The largest absolute Gasteiger partial charge is 0.369 e. The molecular weight excluding hydrogens is 240 g/mol. The average Bonchev–Trinajstić information content (AvgIpc) is 2.28. The molecule has 0 unspecified atom stereocenters. The first-order valence-corrected chi connectivity index (χ1v) is 7.63. The Hall–Kier alpha value is -0.670. The Kier molecular flexibility index (Phi) is 4.23. The number of thioether (sulfide) groups is 1. The molecule has 1 aliphatic rings. The Labute approximate surface area is 115 Å². The van der Waals surface area contributed by atoms with Crippen molar-refractivity contribution >= 4 is 17.4 Å². The number of hydrogen-bond donors (Lipinski definition) is 1. The highest BCUT2D eigenvalue weighted by Crippen LogP contribution is 2.33. The summed E-state index contributed by atoms with van der Waals surface area (Å²) in [6, 6.07) is 6.82. The molecule has 100 valence electrons. The van der Waals surface area contributed by atoms with Crippen LogP contribution in [0.2, 0.25) is 0 Å². The zero-order valence-corrected chi connectivity index (χ0v) is 12.7. The van der Waals surface area contributed by atoms with Crippen molar-refractivity contribution in [2.24, 2.45) is 0 Å². The van der Waals surface area contributed by atoms with E-state index < -0.39 is 0 Å². The predicted octanol–water partition coefficient (Wildman–Crippen LogP) is 3.05. The van der Waals surface area contributed by atoms with Crippen molar-refractivity contribution in [1.82, 2.24) is 5.32 Å². The first-order valence-electron chi connectivity index (χ1n) is 6.65. The van der Waals surface area contributed by atoms with Crippen LogP contribution in [0.25, 0.3) is 0 Å². The molecule has 1 aromatic carbocycles. The molecule has 2 rings (SSSR count). The lowest BCUT2D eigenvalue weighted by atomic mass is 10.1. The highest BCUT2D eigenvalue weighted by atomic mass is 32.2. The van der Waals surface area contributed by atoms with Gasteiger partial charge < -0.3 is 10.2 Å². The van der Waals surface area contributed by atoms with Gasteiger partial charge in [0.1, 0.15) is 0 Å². The van der Waals surface area contributed by atoms with Crippen molar-refractivity contribution in [2.75, 3.05) is 30.8 Å². The number of aryl methyl sites for hydroxylation is 1. The summed E-state index contributed by atoms with van der Waals surface area (Å²) in [5.74, 6) is 1.22. The van der Waals surface area contributed by atoms with E-state index in [0.717, 1.165) is 19.6 Å². The highest BCUT2D eigenvalue weighted by Gasteiger charge is 2.27. The van der Waals surface area contributed by atoms with E-state index in [-0.39, 0.29) is 0 Å². The molecule has 1 heterocycles. The summed E-state index contributed by atoms with van der Waals surface area (Å²) in [5, 5.41) is 3.28. The second kappa shape index (κ2) is 5.54. The van der Waals surface area contributed by atoms with E-state index >= 15 is 0 Å². The van der Waals surface area contributed by atoms with Crippen molar-refractivity contribution in [3.05, 3.63) is 29.3 Å². The molecule has 1 N–H and O–H groups in total. The SMILES string of the molecule is CNCc1cc(C)ccc1N1CCSC(C)(C)C1. The lowest BCUT2D eigenvalue weighted by Gasteiger charge is -2.39. The van der Waals surface area contributed by atoms with Crippen LogP contribution in [0.3, 0.4) is 0 Å². The maximum atomic E-state index is 3.28. The predicted molar refractivity (Wildman–Crippen MR) is 82.7 cm³/mol. The van der Waals surface area contributed by atoms with Crippen LogP contribution in [0, 0.1) is 6.92 Å². The molecule has 0 aliphatic carbocycles. The van der Waals surface area contributed by atoms with E-state index in [4.69, 9.17) is 0 Å². The molecule has 0 radical (unpaired) electrons. The van der Waals surface area contributed by atoms with Gasteiger partial charge in [0.05, 0.1) is 0 Å². The Morgan fingerprint density at radius 1 is 1.39 bits per heavy atom. The van der Waals surface area contributed by atoms with Gasteiger partial charge in [-0.05, 0) is 39.4 Å². The summed E-state index contributed by atoms with van der Waals surface area (Å²) >= 11 is 2.08. The van der Waals surface area contributed by atoms with Crippen LogP contribution in [0.5, 0.6) is 0 Å². The third-order valence-electron chi connectivity index (χ3n) is 3.37. The van der Waals surface area contributed by atoms with Gasteiger partial charge in [-0.2, -0.15) is 11.8 Å². The van der Waals surface area contributed by atoms with Crippen molar-refractivity contribution in [1.29, 1.82) is 0 Å². The molecule has 1 saturated heterocycles. The van der Waals surface area contributed by atoms with E-state index in [2.05, 4.69) is 60.9 Å². The number of anilines is 1. The molecule has 1 aromatic rings. The molecule has 1 fully saturated rings. The Bertz CT molecular complexity index is 415. The Balaban J connectivity index is 2.26. The van der Waals surface area contributed by atoms with E-state index in [0.29, 0.717) is 4.75 Å². The molecule has 1 aliphatic heterocycles. The molecule has 2 nitrogen and oxygen atoms in total. The van der Waals surface area contributed by atoms with Crippen LogP contribution in [-0.2, 0) is 6.54 Å². The van der Waals surface area contributed by atoms with Crippen LogP contribution in [0.1, 0.15) is 25.0 Å². The van der Waals surface area contributed by atoms with Crippen LogP contribution in [-0.4, -0.2) is 30.6 Å². The van der Waals surface area contributed by atoms with Crippen molar-refractivity contribution in [2.45, 2.75) is 32.1 Å². The quantitative estimate of drug-likeness (QED) is 0.903. The summed E-state index contributed by atoms with van der Waals surface area (Å²) in [7, 11) is 2.02. The summed E-state index contributed by atoms with van der Waals surface area (Å²) in [4.78, 5) is 2.54. The number of hydrogen-bond acceptors (Lipinski definition) is 3. The summed E-state index contributed by atoms with van der Waals surface area (Å²) in [6.07, 6.45) is 0. The second-order valence-electron chi connectivity index (χ2n) is 5.69. The number of nitrogens with one attached hydrogen (secondary N) is 1. The average molecular weight is 264 g/mol. The monoisotopic (exact) mass is 264 g/mol. The number of benzene rings is 1. The smallest absolute Gasteiger partial charge is 0.0412 e. The second-order valence-corrected chi connectivity index (χ2v) is 7.49. The number of rotatable bonds is 3. The van der Waals surface area contributed by atoms with Gasteiger partial charge in [-0.3, -0.25) is 0 Å². The van der Waals surface area contributed by atoms with Gasteiger partial charge in [0.2, 0.25) is 0 Å². The minimum atomic E-state index is 0.361. The first-order chi connectivity index (χ1) is 8.52. The van der Waals surface area contributed by atoms with Crippen LogP contribution in [0.4, 0.5) is 5.69 Å². The summed E-state index contributed by atoms with van der Waals surface area (Å²) < 4.78 is 0.361. The van der Waals surface area contributed by atoms with Gasteiger partial charge in [-0.25, -0.2) is 0 Å². The van der Waals surface area contributed by atoms with E-state index in [1.54, 1.807) is 0 Å². The third kappa shape index (κ3) is 3.21. The molecule has 0 aromatic heterocycles. The van der Waals surface area contributed by atoms with Gasteiger partial charge in [0, 0.05) is 35.8 Å². The number of nitrogens with zero attached hydrogens (tertiary/aromatic N) is 1. The van der Waals surface area contributed by atoms with Crippen molar-refractivity contribution < 1.29 is 0 Å². The molecular formula is C15H24N2S. The van der Waals surface area contributed by atoms with Gasteiger partial charge in [0.15, 0.2) is 0 Å². The van der Waals surface area contributed by atoms with Crippen LogP contribution < -0.4 is 10.2 Å². The minimum Gasteiger partial charge on any atom is -0.369 e. The van der Waals surface area contributed by atoms with Crippen molar-refractivity contribution in [3.8, 4) is 0 Å². The lowest BCUT2D eigenvalue weighted by Crippen LogP contribution is -2.43. The van der Waals surface area contributed by atoms with Gasteiger partial charge >= 0.3 is 0 Å². The van der Waals surface area contributed by atoms with Crippen LogP contribution >= 0.6 is 11.8 Å². The lowest BCUT2D eigenvalue weighted by molar-refractivity contribution is 0.644. The summed E-state index contributed by atoms with van der Waals surface area (Å²) in [6.45, 7) is 10.1. The Morgan fingerprint density at radius 3 is 2.83 bits per heavy atom. The molecule has 0 bridgehead atoms. The molecule has 18 heavy (non-hydrogen) atoms. The summed E-state index contributed by atoms with van der Waals surface area (Å²) in [5.41, 5.74) is 4.16. The fourth-order valence-electron chi connectivity index (χ4n) is 2.58. The van der Waals surface area contributed by atoms with Gasteiger partial charge in [-0.15, -0.1) is 0 Å². The van der Waals surface area contributed by atoms with Gasteiger partial charge in [0.25, 0.3) is 0 Å². The Morgan fingerprint density at radius 2 is 2.17 bits per heavy atom. The first kappa shape index (κ1) is 13.8. The van der Waals surface area contributed by atoms with E-state index in [1.807, 2.05) is 7.05 Å². The third-order valence-corrected chi connectivity index (χ3v) is 4.67. The normalized spacial score (nSPS) is 19.0. The molecule has 0 atom stereocenters.